The fourth-order valence-electron chi connectivity index (χ4n) is 3.34. The van der Waals surface area contributed by atoms with Gasteiger partial charge in [-0.3, -0.25) is 14.3 Å². The first-order valence-electron chi connectivity index (χ1n) is 10.2. The first-order valence-corrected chi connectivity index (χ1v) is 11.1. The van der Waals surface area contributed by atoms with Gasteiger partial charge in [-0.1, -0.05) is 54.2 Å². The van der Waals surface area contributed by atoms with E-state index in [1.54, 1.807) is 12.4 Å². The second-order valence-corrected chi connectivity index (χ2v) is 8.85. The molecule has 2 heterocycles. The lowest BCUT2D eigenvalue weighted by Crippen LogP contribution is -2.15. The van der Waals surface area contributed by atoms with Crippen LogP contribution in [0.25, 0.3) is 11.4 Å². The predicted octanol–water partition coefficient (Wildman–Crippen LogP) is 5.37. The van der Waals surface area contributed by atoms with Gasteiger partial charge in [-0.25, -0.2) is 0 Å². The van der Waals surface area contributed by atoms with E-state index in [-0.39, 0.29) is 11.0 Å². The lowest BCUT2D eigenvalue weighted by atomic mass is 10.0. The van der Waals surface area contributed by atoms with Crippen LogP contribution in [-0.2, 0) is 6.54 Å². The van der Waals surface area contributed by atoms with Gasteiger partial charge in [0.2, 0.25) is 0 Å². The molecule has 0 spiro atoms. The highest BCUT2D eigenvalue weighted by Crippen LogP contribution is 2.29. The third-order valence-electron chi connectivity index (χ3n) is 5.28. The average Bonchev–Trinajstić information content (AvgIpc) is 3.18. The van der Waals surface area contributed by atoms with Crippen LogP contribution < -0.4 is 0 Å². The van der Waals surface area contributed by atoms with Gasteiger partial charge < -0.3 is 0 Å². The van der Waals surface area contributed by atoms with Crippen LogP contribution >= 0.6 is 11.8 Å². The first kappa shape index (κ1) is 21.0. The van der Waals surface area contributed by atoms with Crippen molar-refractivity contribution in [3.8, 4) is 11.4 Å². The highest BCUT2D eigenvalue weighted by Gasteiger charge is 2.22. The Morgan fingerprint density at radius 2 is 1.71 bits per heavy atom. The molecule has 4 aromatic rings. The molecular formula is C25H24N4OS. The van der Waals surface area contributed by atoms with E-state index in [0.717, 1.165) is 33.2 Å². The Morgan fingerprint density at radius 3 is 2.42 bits per heavy atom. The normalized spacial score (nSPS) is 12.0. The van der Waals surface area contributed by atoms with Crippen molar-refractivity contribution < 1.29 is 4.79 Å². The molecule has 1 atom stereocenters. The number of benzene rings is 2. The number of carbonyl (C=O) groups is 1. The number of aromatic nitrogens is 4. The Bertz CT molecular complexity index is 1190. The smallest absolute Gasteiger partial charge is 0.192 e. The molecule has 0 fully saturated rings. The molecule has 0 unspecified atom stereocenters. The number of thioether (sulfide) groups is 1. The lowest BCUT2D eigenvalue weighted by Gasteiger charge is -2.14. The van der Waals surface area contributed by atoms with E-state index in [1.165, 1.54) is 17.3 Å². The molecule has 0 aliphatic rings. The van der Waals surface area contributed by atoms with E-state index >= 15 is 0 Å². The summed E-state index contributed by atoms with van der Waals surface area (Å²) in [6.07, 6.45) is 3.49. The van der Waals surface area contributed by atoms with E-state index in [2.05, 4.69) is 38.8 Å². The molecule has 0 saturated heterocycles. The van der Waals surface area contributed by atoms with E-state index in [0.29, 0.717) is 6.54 Å². The van der Waals surface area contributed by atoms with Gasteiger partial charge in [0.25, 0.3) is 0 Å². The number of hydrogen-bond acceptors (Lipinski definition) is 5. The average molecular weight is 429 g/mol. The number of carbonyl (C=O) groups excluding carboxylic acids is 1. The van der Waals surface area contributed by atoms with Gasteiger partial charge in [0, 0.05) is 23.5 Å². The molecule has 4 rings (SSSR count). The maximum Gasteiger partial charge on any atom is 0.192 e. The molecule has 156 valence electrons. The second-order valence-electron chi connectivity index (χ2n) is 7.54. The van der Waals surface area contributed by atoms with Crippen molar-refractivity contribution in [2.75, 3.05) is 0 Å². The fourth-order valence-corrected chi connectivity index (χ4v) is 4.27. The molecule has 0 N–H and O–H groups in total. The molecule has 0 aliphatic heterocycles. The van der Waals surface area contributed by atoms with Crippen LogP contribution in [0.3, 0.4) is 0 Å². The zero-order valence-electron chi connectivity index (χ0n) is 17.8. The number of aryl methyl sites for hydroxylation is 2. The van der Waals surface area contributed by atoms with E-state index in [4.69, 9.17) is 0 Å². The Balaban J connectivity index is 1.65. The second kappa shape index (κ2) is 9.27. The summed E-state index contributed by atoms with van der Waals surface area (Å²) in [5, 5.41) is 9.32. The topological polar surface area (TPSA) is 60.7 Å². The van der Waals surface area contributed by atoms with Crippen LogP contribution in [0.15, 0.2) is 78.2 Å². The van der Waals surface area contributed by atoms with Crippen molar-refractivity contribution in [1.82, 2.24) is 19.7 Å². The minimum absolute atomic E-state index is 0.0906. The van der Waals surface area contributed by atoms with Crippen LogP contribution in [0.2, 0.25) is 0 Å². The third-order valence-corrected chi connectivity index (χ3v) is 6.36. The molecule has 31 heavy (non-hydrogen) atoms. The summed E-state index contributed by atoms with van der Waals surface area (Å²) in [6, 6.07) is 19.9. The van der Waals surface area contributed by atoms with Crippen LogP contribution in [0, 0.1) is 13.8 Å². The minimum atomic E-state index is -0.286. The molecule has 0 amide bonds. The maximum absolute atomic E-state index is 13.1. The molecule has 0 radical (unpaired) electrons. The Morgan fingerprint density at radius 1 is 0.968 bits per heavy atom. The van der Waals surface area contributed by atoms with Crippen molar-refractivity contribution in [2.24, 2.45) is 0 Å². The van der Waals surface area contributed by atoms with Crippen molar-refractivity contribution in [3.63, 3.8) is 0 Å². The number of rotatable bonds is 7. The molecule has 2 aromatic carbocycles. The van der Waals surface area contributed by atoms with Crippen molar-refractivity contribution in [3.05, 3.63) is 95.3 Å². The van der Waals surface area contributed by atoms with Gasteiger partial charge in [-0.2, -0.15) is 0 Å². The summed E-state index contributed by atoms with van der Waals surface area (Å²) in [5.74, 6) is 0.854. The lowest BCUT2D eigenvalue weighted by molar-refractivity contribution is 0.0993. The first-order chi connectivity index (χ1) is 15.0. The van der Waals surface area contributed by atoms with E-state index in [1.807, 2.05) is 62.4 Å². The number of hydrogen-bond donors (Lipinski definition) is 0. The summed E-state index contributed by atoms with van der Waals surface area (Å²) in [4.78, 5) is 17.2. The zero-order chi connectivity index (χ0) is 21.8. The van der Waals surface area contributed by atoms with E-state index in [9.17, 15) is 4.79 Å². The van der Waals surface area contributed by atoms with Gasteiger partial charge in [0.15, 0.2) is 16.8 Å². The summed E-state index contributed by atoms with van der Waals surface area (Å²) < 4.78 is 2.07. The third kappa shape index (κ3) is 4.75. The van der Waals surface area contributed by atoms with Gasteiger partial charge >= 0.3 is 0 Å². The van der Waals surface area contributed by atoms with Crippen molar-refractivity contribution >= 4 is 17.5 Å². The standard InChI is InChI=1S/C25H24N4OS/c1-17-9-10-22(15-18(17)2)23(30)19(3)31-25-28-27-24(21-11-13-26-14-12-21)29(25)16-20-7-5-4-6-8-20/h4-15,19H,16H2,1-3H3/t19-/m0/s1. The monoisotopic (exact) mass is 428 g/mol. The van der Waals surface area contributed by atoms with Gasteiger partial charge in [-0.05, 0) is 55.7 Å². The summed E-state index contributed by atoms with van der Waals surface area (Å²) in [7, 11) is 0. The quantitative estimate of drug-likeness (QED) is 0.293. The summed E-state index contributed by atoms with van der Waals surface area (Å²) in [6.45, 7) is 6.63. The predicted molar refractivity (Wildman–Crippen MR) is 124 cm³/mol. The molecule has 6 heteroatoms. The van der Waals surface area contributed by atoms with Crippen LogP contribution in [0.1, 0.15) is 34.0 Å². The largest absolute Gasteiger partial charge is 0.298 e. The summed E-state index contributed by atoms with van der Waals surface area (Å²) in [5.41, 5.74) is 5.12. The van der Waals surface area contributed by atoms with Gasteiger partial charge in [0.05, 0.1) is 11.8 Å². The molecule has 0 bridgehead atoms. The highest BCUT2D eigenvalue weighted by atomic mass is 32.2. The van der Waals surface area contributed by atoms with Crippen molar-refractivity contribution in [2.45, 2.75) is 37.7 Å². The highest BCUT2D eigenvalue weighted by molar-refractivity contribution is 8.00. The van der Waals surface area contributed by atoms with Gasteiger partial charge in [-0.15, -0.1) is 10.2 Å². The molecule has 0 aliphatic carbocycles. The SMILES string of the molecule is Cc1ccc(C(=O)[C@H](C)Sc2nnc(-c3ccncc3)n2Cc2ccccc2)cc1C. The minimum Gasteiger partial charge on any atom is -0.298 e. The van der Waals surface area contributed by atoms with Crippen LogP contribution in [-0.4, -0.2) is 30.8 Å². The molecule has 2 aromatic heterocycles. The molecule has 0 saturated carbocycles. The van der Waals surface area contributed by atoms with Crippen LogP contribution in [0.4, 0.5) is 0 Å². The van der Waals surface area contributed by atoms with Crippen LogP contribution in [0.5, 0.6) is 0 Å². The summed E-state index contributed by atoms with van der Waals surface area (Å²) >= 11 is 1.44. The number of pyridine rings is 1. The Kier molecular flexibility index (Phi) is 6.28. The zero-order valence-corrected chi connectivity index (χ0v) is 18.6. The maximum atomic E-state index is 13.1. The number of nitrogens with zero attached hydrogens (tertiary/aromatic N) is 4. The number of Topliss-reactive ketones (excluding diaryl/α,β-unsaturated/α-hetero) is 1. The Hall–Kier alpha value is -3.25. The number of ketones is 1. The fraction of sp³-hybridized carbons (Fsp3) is 0.200. The van der Waals surface area contributed by atoms with Gasteiger partial charge in [0.1, 0.15) is 0 Å². The van der Waals surface area contributed by atoms with Crippen molar-refractivity contribution in [1.29, 1.82) is 0 Å². The Labute approximate surface area is 186 Å². The van der Waals surface area contributed by atoms with E-state index < -0.39 is 0 Å². The molecule has 5 nitrogen and oxygen atoms in total. The molecular weight excluding hydrogens is 404 g/mol.